The lowest BCUT2D eigenvalue weighted by Crippen LogP contribution is -2.37. The zero-order valence-corrected chi connectivity index (χ0v) is 11.7. The van der Waals surface area contributed by atoms with E-state index in [1.165, 1.54) is 0 Å². The molecule has 1 aromatic heterocycles. The molecular formula is C16H16N2O3. The van der Waals surface area contributed by atoms with Crippen molar-refractivity contribution in [2.45, 2.75) is 25.3 Å². The summed E-state index contributed by atoms with van der Waals surface area (Å²) in [5, 5.41) is 4.72. The molecule has 0 radical (unpaired) electrons. The number of fused-ring (bicyclic) bond motifs is 1. The van der Waals surface area contributed by atoms with Gasteiger partial charge in [0.1, 0.15) is 6.04 Å². The molecule has 1 saturated heterocycles. The number of ether oxygens (including phenoxy) is 1. The Morgan fingerprint density at radius 3 is 3.00 bits per heavy atom. The van der Waals surface area contributed by atoms with E-state index in [2.05, 4.69) is 10.3 Å². The lowest BCUT2D eigenvalue weighted by Gasteiger charge is -2.18. The number of nitrogens with zero attached hydrogens (tertiary/aromatic N) is 1. The van der Waals surface area contributed by atoms with Crippen LogP contribution in [-0.4, -0.2) is 29.5 Å². The number of pyridine rings is 1. The van der Waals surface area contributed by atoms with Crippen molar-refractivity contribution >= 4 is 22.6 Å². The largest absolute Gasteiger partial charge is 0.464 e. The van der Waals surface area contributed by atoms with Crippen molar-refractivity contribution in [1.82, 2.24) is 10.3 Å². The smallest absolute Gasteiger partial charge is 0.329 e. The highest BCUT2D eigenvalue weighted by Crippen LogP contribution is 2.33. The van der Waals surface area contributed by atoms with Gasteiger partial charge in [-0.2, -0.15) is 0 Å². The molecule has 2 aromatic rings. The average Bonchev–Trinajstić information content (AvgIpc) is 2.89. The monoisotopic (exact) mass is 284 g/mol. The first kappa shape index (κ1) is 13.5. The second-order valence-electron chi connectivity index (χ2n) is 5.06. The number of hydrogen-bond acceptors (Lipinski definition) is 4. The summed E-state index contributed by atoms with van der Waals surface area (Å²) < 4.78 is 5.06. The van der Waals surface area contributed by atoms with E-state index in [1.54, 1.807) is 19.3 Å². The maximum absolute atomic E-state index is 12.1. The summed E-state index contributed by atoms with van der Waals surface area (Å²) in [6.07, 6.45) is 3.79. The molecule has 2 unspecified atom stereocenters. The Hall–Kier alpha value is -2.43. The van der Waals surface area contributed by atoms with E-state index >= 15 is 0 Å². The van der Waals surface area contributed by atoms with Crippen LogP contribution in [0.2, 0.25) is 0 Å². The quantitative estimate of drug-likeness (QED) is 0.872. The van der Waals surface area contributed by atoms with Gasteiger partial charge in [-0.15, -0.1) is 0 Å². The van der Waals surface area contributed by atoms with Crippen LogP contribution in [0.1, 0.15) is 24.8 Å². The molecule has 0 bridgehead atoms. The molecule has 1 aromatic carbocycles. The normalized spacial score (nSPS) is 21.3. The number of hydrogen-bond donors (Lipinski definition) is 1. The molecule has 1 aliphatic rings. The number of esters is 1. The third-order valence-electron chi connectivity index (χ3n) is 3.76. The molecule has 1 N–H and O–H groups in total. The Bertz CT molecular complexity index is 693. The van der Waals surface area contributed by atoms with Crippen LogP contribution in [0.15, 0.2) is 36.7 Å². The zero-order valence-electron chi connectivity index (χ0n) is 11.7. The molecular weight excluding hydrogens is 268 g/mol. The van der Waals surface area contributed by atoms with Crippen LogP contribution < -0.4 is 5.32 Å². The maximum atomic E-state index is 12.1. The van der Waals surface area contributed by atoms with Gasteiger partial charge >= 0.3 is 5.97 Å². The first-order valence-electron chi connectivity index (χ1n) is 6.99. The summed E-state index contributed by atoms with van der Waals surface area (Å²) >= 11 is 0. The topological polar surface area (TPSA) is 68.3 Å². The van der Waals surface area contributed by atoms with Crippen molar-refractivity contribution in [3.05, 3.63) is 42.2 Å². The first-order valence-corrected chi connectivity index (χ1v) is 6.99. The summed E-state index contributed by atoms with van der Waals surface area (Å²) in [7, 11) is 0. The van der Waals surface area contributed by atoms with Gasteiger partial charge in [0, 0.05) is 30.1 Å². The molecule has 2 heterocycles. The summed E-state index contributed by atoms with van der Waals surface area (Å²) in [6.45, 7) is 2.05. The molecule has 0 spiro atoms. The third kappa shape index (κ3) is 2.46. The molecule has 5 heteroatoms. The fourth-order valence-electron chi connectivity index (χ4n) is 2.83. The van der Waals surface area contributed by atoms with E-state index in [-0.39, 0.29) is 24.2 Å². The highest BCUT2D eigenvalue weighted by atomic mass is 16.5. The maximum Gasteiger partial charge on any atom is 0.329 e. The Morgan fingerprint density at radius 2 is 2.19 bits per heavy atom. The van der Waals surface area contributed by atoms with Crippen molar-refractivity contribution in [1.29, 1.82) is 0 Å². The summed E-state index contributed by atoms with van der Waals surface area (Å²) in [5.74, 6) is -0.762. The number of nitrogens with one attached hydrogen (secondary N) is 1. The minimum Gasteiger partial charge on any atom is -0.464 e. The predicted molar refractivity (Wildman–Crippen MR) is 77.7 cm³/mol. The third-order valence-corrected chi connectivity index (χ3v) is 3.76. The minimum absolute atomic E-state index is 0.133. The summed E-state index contributed by atoms with van der Waals surface area (Å²) in [6, 6.07) is 7.20. The lowest BCUT2D eigenvalue weighted by atomic mass is 9.89. The molecule has 1 aliphatic heterocycles. The fourth-order valence-corrected chi connectivity index (χ4v) is 2.83. The number of carbonyl (C=O) groups excluding carboxylic acids is 2. The van der Waals surface area contributed by atoms with Gasteiger partial charge < -0.3 is 10.1 Å². The molecule has 3 rings (SSSR count). The molecule has 0 aliphatic carbocycles. The average molecular weight is 284 g/mol. The fraction of sp³-hybridized carbons (Fsp3) is 0.312. The lowest BCUT2D eigenvalue weighted by molar-refractivity contribution is -0.146. The van der Waals surface area contributed by atoms with Crippen molar-refractivity contribution in [2.75, 3.05) is 6.61 Å². The molecule has 5 nitrogen and oxygen atoms in total. The molecule has 2 atom stereocenters. The van der Waals surface area contributed by atoms with E-state index in [9.17, 15) is 9.59 Å². The van der Waals surface area contributed by atoms with Gasteiger partial charge in [0.25, 0.3) is 0 Å². The van der Waals surface area contributed by atoms with Crippen molar-refractivity contribution in [2.24, 2.45) is 0 Å². The molecule has 1 fully saturated rings. The van der Waals surface area contributed by atoms with Gasteiger partial charge in [-0.1, -0.05) is 24.3 Å². The number of amides is 1. The van der Waals surface area contributed by atoms with E-state index in [0.717, 1.165) is 16.3 Å². The number of carbonyl (C=O) groups is 2. The van der Waals surface area contributed by atoms with Gasteiger partial charge in [-0.25, -0.2) is 4.79 Å². The highest BCUT2D eigenvalue weighted by molar-refractivity contribution is 5.93. The van der Waals surface area contributed by atoms with Crippen LogP contribution >= 0.6 is 0 Å². The second kappa shape index (κ2) is 5.52. The van der Waals surface area contributed by atoms with Crippen molar-refractivity contribution < 1.29 is 14.3 Å². The molecule has 1 amide bonds. The van der Waals surface area contributed by atoms with Crippen molar-refractivity contribution in [3.63, 3.8) is 0 Å². The predicted octanol–water partition coefficient (Wildman–Crippen LogP) is 1.77. The van der Waals surface area contributed by atoms with Crippen LogP contribution in [0.5, 0.6) is 0 Å². The van der Waals surface area contributed by atoms with Crippen LogP contribution in [0.4, 0.5) is 0 Å². The Balaban J connectivity index is 2.03. The first-order chi connectivity index (χ1) is 10.2. The van der Waals surface area contributed by atoms with Gasteiger partial charge in [0.15, 0.2) is 0 Å². The number of benzene rings is 1. The number of aromatic nitrogens is 1. The number of rotatable bonds is 3. The van der Waals surface area contributed by atoms with E-state index in [1.807, 2.05) is 24.3 Å². The van der Waals surface area contributed by atoms with Gasteiger partial charge in [0.2, 0.25) is 5.91 Å². The summed E-state index contributed by atoms with van der Waals surface area (Å²) in [4.78, 5) is 28.0. The second-order valence-corrected chi connectivity index (χ2v) is 5.06. The van der Waals surface area contributed by atoms with Gasteiger partial charge in [-0.05, 0) is 17.9 Å². The minimum atomic E-state index is -0.634. The van der Waals surface area contributed by atoms with Crippen LogP contribution in [0, 0.1) is 0 Å². The highest BCUT2D eigenvalue weighted by Gasteiger charge is 2.40. The molecule has 108 valence electrons. The van der Waals surface area contributed by atoms with Gasteiger partial charge in [-0.3, -0.25) is 9.78 Å². The standard InChI is InChI=1S/C16H16N2O3/c1-2-21-16(20)15-12(7-14(19)18-15)13-9-17-8-10-5-3-4-6-11(10)13/h3-6,8-9,12,15H,2,7H2,1H3,(H,18,19). The Labute approximate surface area is 122 Å². The van der Waals surface area contributed by atoms with E-state index in [0.29, 0.717) is 6.61 Å². The van der Waals surface area contributed by atoms with E-state index in [4.69, 9.17) is 4.74 Å². The van der Waals surface area contributed by atoms with Crippen LogP contribution in [-0.2, 0) is 14.3 Å². The Kier molecular flexibility index (Phi) is 3.56. The SMILES string of the molecule is CCOC(=O)C1NC(=O)CC1c1cncc2ccccc12. The zero-order chi connectivity index (χ0) is 14.8. The van der Waals surface area contributed by atoms with Crippen LogP contribution in [0.3, 0.4) is 0 Å². The van der Waals surface area contributed by atoms with E-state index < -0.39 is 6.04 Å². The van der Waals surface area contributed by atoms with Crippen LogP contribution in [0.25, 0.3) is 10.8 Å². The molecule has 21 heavy (non-hydrogen) atoms. The van der Waals surface area contributed by atoms with Crippen molar-refractivity contribution in [3.8, 4) is 0 Å². The molecule has 0 saturated carbocycles. The van der Waals surface area contributed by atoms with Gasteiger partial charge in [0.05, 0.1) is 6.61 Å². The summed E-state index contributed by atoms with van der Waals surface area (Å²) in [5.41, 5.74) is 0.907. The Morgan fingerprint density at radius 1 is 1.38 bits per heavy atom.